The number of nitrogens with two attached hydrogens (primary N) is 1. The molecule has 2 aromatic rings. The average molecular weight is 331 g/mol. The van der Waals surface area contributed by atoms with Gasteiger partial charge in [0.05, 0.1) is 26.9 Å². The molecule has 2 aromatic carbocycles. The first-order valence-corrected chi connectivity index (χ1v) is 7.41. The summed E-state index contributed by atoms with van der Waals surface area (Å²) in [4.78, 5) is 11.9. The third-order valence-corrected chi connectivity index (χ3v) is 3.43. The SMILES string of the molecule is COC(=O)c1cc(OCCN)cc(-c2ccc(OC)cc2OC)c1. The van der Waals surface area contributed by atoms with Crippen LogP contribution in [0.25, 0.3) is 11.1 Å². The standard InChI is InChI=1S/C18H21NO5/c1-21-14-4-5-16(17(11-14)22-2)12-8-13(18(20)23-3)10-15(9-12)24-7-6-19/h4-5,8-11H,6-7,19H2,1-3H3. The van der Waals surface area contributed by atoms with Crippen LogP contribution in [0.3, 0.4) is 0 Å². The lowest BCUT2D eigenvalue weighted by Gasteiger charge is -2.13. The van der Waals surface area contributed by atoms with Gasteiger partial charge in [0.15, 0.2) is 0 Å². The third kappa shape index (κ3) is 3.97. The summed E-state index contributed by atoms with van der Waals surface area (Å²) in [6, 6.07) is 10.6. The Bertz CT molecular complexity index is 715. The van der Waals surface area contributed by atoms with Crippen molar-refractivity contribution in [1.29, 1.82) is 0 Å². The number of methoxy groups -OCH3 is 3. The van der Waals surface area contributed by atoms with Gasteiger partial charge >= 0.3 is 5.97 Å². The van der Waals surface area contributed by atoms with Gasteiger partial charge < -0.3 is 24.7 Å². The van der Waals surface area contributed by atoms with Crippen molar-refractivity contribution >= 4 is 5.97 Å². The van der Waals surface area contributed by atoms with Gasteiger partial charge in [-0.15, -0.1) is 0 Å². The monoisotopic (exact) mass is 331 g/mol. The van der Waals surface area contributed by atoms with E-state index in [1.54, 1.807) is 32.4 Å². The van der Waals surface area contributed by atoms with Crippen LogP contribution in [-0.2, 0) is 4.74 Å². The molecule has 0 aliphatic carbocycles. The van der Waals surface area contributed by atoms with Crippen LogP contribution in [0.4, 0.5) is 0 Å². The molecule has 0 fully saturated rings. The number of carbonyl (C=O) groups excluding carboxylic acids is 1. The highest BCUT2D eigenvalue weighted by Gasteiger charge is 2.14. The average Bonchev–Trinajstić information content (AvgIpc) is 2.64. The molecule has 2 N–H and O–H groups in total. The molecule has 0 bridgehead atoms. The second kappa shape index (κ2) is 8.21. The lowest BCUT2D eigenvalue weighted by molar-refractivity contribution is 0.0600. The zero-order valence-electron chi connectivity index (χ0n) is 14.0. The zero-order valence-corrected chi connectivity index (χ0v) is 14.0. The van der Waals surface area contributed by atoms with Gasteiger partial charge in [0, 0.05) is 18.2 Å². The van der Waals surface area contributed by atoms with E-state index in [1.807, 2.05) is 18.2 Å². The number of carbonyl (C=O) groups is 1. The van der Waals surface area contributed by atoms with Crippen molar-refractivity contribution in [2.75, 3.05) is 34.5 Å². The van der Waals surface area contributed by atoms with Gasteiger partial charge in [-0.05, 0) is 35.9 Å². The van der Waals surface area contributed by atoms with E-state index >= 15 is 0 Å². The Morgan fingerprint density at radius 1 is 1.00 bits per heavy atom. The molecule has 0 saturated heterocycles. The summed E-state index contributed by atoms with van der Waals surface area (Å²) in [5, 5.41) is 0. The van der Waals surface area contributed by atoms with Crippen molar-refractivity contribution in [3.05, 3.63) is 42.0 Å². The van der Waals surface area contributed by atoms with E-state index in [0.29, 0.717) is 36.0 Å². The first kappa shape index (κ1) is 17.6. The number of hydrogen-bond donors (Lipinski definition) is 1. The third-order valence-electron chi connectivity index (χ3n) is 3.43. The van der Waals surface area contributed by atoms with E-state index in [-0.39, 0.29) is 0 Å². The molecule has 0 heterocycles. The van der Waals surface area contributed by atoms with E-state index in [2.05, 4.69) is 0 Å². The fourth-order valence-corrected chi connectivity index (χ4v) is 2.29. The van der Waals surface area contributed by atoms with E-state index < -0.39 is 5.97 Å². The molecule has 2 rings (SSSR count). The Morgan fingerprint density at radius 2 is 1.79 bits per heavy atom. The molecule has 0 spiro atoms. The fraction of sp³-hybridized carbons (Fsp3) is 0.278. The molecule has 0 unspecified atom stereocenters. The summed E-state index contributed by atoms with van der Waals surface area (Å²) in [5.41, 5.74) is 7.44. The van der Waals surface area contributed by atoms with Crippen molar-refractivity contribution in [2.45, 2.75) is 0 Å². The fourth-order valence-electron chi connectivity index (χ4n) is 2.29. The number of benzene rings is 2. The maximum atomic E-state index is 11.9. The molecule has 128 valence electrons. The predicted molar refractivity (Wildman–Crippen MR) is 90.9 cm³/mol. The van der Waals surface area contributed by atoms with Crippen LogP contribution < -0.4 is 19.9 Å². The maximum absolute atomic E-state index is 11.9. The summed E-state index contributed by atoms with van der Waals surface area (Å²) in [5.74, 6) is 1.40. The van der Waals surface area contributed by atoms with E-state index in [1.165, 1.54) is 7.11 Å². The van der Waals surface area contributed by atoms with Crippen LogP contribution in [0, 0.1) is 0 Å². The van der Waals surface area contributed by atoms with Crippen molar-refractivity contribution in [3.8, 4) is 28.4 Å². The summed E-state index contributed by atoms with van der Waals surface area (Å²) in [6.45, 7) is 0.730. The zero-order chi connectivity index (χ0) is 17.5. The first-order chi connectivity index (χ1) is 11.6. The minimum atomic E-state index is -0.443. The molecule has 0 aliphatic rings. The predicted octanol–water partition coefficient (Wildman–Crippen LogP) is 2.49. The van der Waals surface area contributed by atoms with Crippen LogP contribution >= 0.6 is 0 Å². The molecular formula is C18H21NO5. The molecule has 0 aliphatic heterocycles. The number of esters is 1. The molecule has 0 atom stereocenters. The second-order valence-corrected chi connectivity index (χ2v) is 4.94. The second-order valence-electron chi connectivity index (χ2n) is 4.94. The maximum Gasteiger partial charge on any atom is 0.338 e. The van der Waals surface area contributed by atoms with Crippen LogP contribution in [-0.4, -0.2) is 40.5 Å². The van der Waals surface area contributed by atoms with E-state index in [0.717, 1.165) is 11.1 Å². The van der Waals surface area contributed by atoms with E-state index in [9.17, 15) is 4.79 Å². The minimum Gasteiger partial charge on any atom is -0.497 e. The van der Waals surface area contributed by atoms with Crippen molar-refractivity contribution in [2.24, 2.45) is 5.73 Å². The van der Waals surface area contributed by atoms with E-state index in [4.69, 9.17) is 24.7 Å². The van der Waals surface area contributed by atoms with Gasteiger partial charge in [0.2, 0.25) is 0 Å². The lowest BCUT2D eigenvalue weighted by atomic mass is 10.0. The summed E-state index contributed by atoms with van der Waals surface area (Å²) >= 11 is 0. The normalized spacial score (nSPS) is 10.2. The van der Waals surface area contributed by atoms with Gasteiger partial charge in [-0.2, -0.15) is 0 Å². The van der Waals surface area contributed by atoms with Crippen molar-refractivity contribution in [1.82, 2.24) is 0 Å². The van der Waals surface area contributed by atoms with Crippen LogP contribution in [0.15, 0.2) is 36.4 Å². The smallest absolute Gasteiger partial charge is 0.338 e. The molecule has 0 amide bonds. The summed E-state index contributed by atoms with van der Waals surface area (Å²) < 4.78 is 21.0. The number of ether oxygens (including phenoxy) is 4. The molecule has 0 radical (unpaired) electrons. The van der Waals surface area contributed by atoms with Crippen molar-refractivity contribution < 1.29 is 23.7 Å². The van der Waals surface area contributed by atoms with Crippen LogP contribution in [0.2, 0.25) is 0 Å². The summed E-state index contributed by atoms with van der Waals surface area (Å²) in [7, 11) is 4.50. The summed E-state index contributed by atoms with van der Waals surface area (Å²) in [6.07, 6.45) is 0. The highest BCUT2D eigenvalue weighted by molar-refractivity contribution is 5.92. The number of hydrogen-bond acceptors (Lipinski definition) is 6. The highest BCUT2D eigenvalue weighted by Crippen LogP contribution is 2.35. The molecular weight excluding hydrogens is 310 g/mol. The Kier molecular flexibility index (Phi) is 6.03. The first-order valence-electron chi connectivity index (χ1n) is 7.41. The number of rotatable bonds is 7. The highest BCUT2D eigenvalue weighted by atomic mass is 16.5. The molecule has 0 saturated carbocycles. The van der Waals surface area contributed by atoms with Gasteiger partial charge in [-0.3, -0.25) is 0 Å². The Labute approximate surface area is 141 Å². The van der Waals surface area contributed by atoms with Gasteiger partial charge in [0.25, 0.3) is 0 Å². The Hall–Kier alpha value is -2.73. The minimum absolute atomic E-state index is 0.351. The van der Waals surface area contributed by atoms with Crippen molar-refractivity contribution in [3.63, 3.8) is 0 Å². The quantitative estimate of drug-likeness (QED) is 0.785. The molecule has 24 heavy (non-hydrogen) atoms. The largest absolute Gasteiger partial charge is 0.497 e. The van der Waals surface area contributed by atoms with Gasteiger partial charge in [0.1, 0.15) is 23.9 Å². The Balaban J connectivity index is 2.53. The molecule has 6 heteroatoms. The lowest BCUT2D eigenvalue weighted by Crippen LogP contribution is -2.11. The van der Waals surface area contributed by atoms with Crippen LogP contribution in [0.1, 0.15) is 10.4 Å². The Morgan fingerprint density at radius 3 is 2.42 bits per heavy atom. The van der Waals surface area contributed by atoms with Crippen LogP contribution in [0.5, 0.6) is 17.2 Å². The molecule has 6 nitrogen and oxygen atoms in total. The molecule has 0 aromatic heterocycles. The van der Waals surface area contributed by atoms with Gasteiger partial charge in [-0.25, -0.2) is 4.79 Å². The topological polar surface area (TPSA) is 80.0 Å². The van der Waals surface area contributed by atoms with Gasteiger partial charge in [-0.1, -0.05) is 0 Å².